The van der Waals surface area contributed by atoms with Gasteiger partial charge in [-0.2, -0.15) is 4.98 Å². The van der Waals surface area contributed by atoms with E-state index in [2.05, 4.69) is 15.3 Å². The van der Waals surface area contributed by atoms with Crippen LogP contribution in [0.4, 0.5) is 17.5 Å². The van der Waals surface area contributed by atoms with E-state index in [9.17, 15) is 14.4 Å². The molecule has 0 bridgehead atoms. The Balaban J connectivity index is 1.77. The van der Waals surface area contributed by atoms with Crippen LogP contribution in [0.2, 0.25) is 0 Å². The lowest BCUT2D eigenvalue weighted by Crippen LogP contribution is -2.37. The molecule has 1 aromatic carbocycles. The lowest BCUT2D eigenvalue weighted by molar-refractivity contribution is -0.116. The summed E-state index contributed by atoms with van der Waals surface area (Å²) in [7, 11) is 7.22. The van der Waals surface area contributed by atoms with Gasteiger partial charge < -0.3 is 15.1 Å². The number of nitrogens with zero attached hydrogens (tertiary/aromatic N) is 5. The normalized spacial score (nSPS) is 12.8. The molecule has 27 heavy (non-hydrogen) atoms. The second-order valence-electron chi connectivity index (χ2n) is 6.49. The Kier molecular flexibility index (Phi) is 4.76. The predicted molar refractivity (Wildman–Crippen MR) is 101 cm³/mol. The Labute approximate surface area is 156 Å². The maximum Gasteiger partial charge on any atom is 0.262 e. The number of carbonyl (C=O) groups excluding carboxylic acids is 3. The van der Waals surface area contributed by atoms with Gasteiger partial charge in [-0.25, -0.2) is 4.98 Å². The molecule has 1 aliphatic heterocycles. The number of anilines is 3. The fourth-order valence-electron chi connectivity index (χ4n) is 2.72. The third-order valence-corrected chi connectivity index (χ3v) is 4.03. The molecular formula is C18H20N6O3. The lowest BCUT2D eigenvalue weighted by atomic mass is 10.1. The van der Waals surface area contributed by atoms with Crippen LogP contribution in [0.1, 0.15) is 20.7 Å². The van der Waals surface area contributed by atoms with E-state index < -0.39 is 17.7 Å². The first-order valence-corrected chi connectivity index (χ1v) is 8.26. The number of hydrogen-bond donors (Lipinski definition) is 1. The van der Waals surface area contributed by atoms with Crippen LogP contribution < -0.4 is 15.1 Å². The van der Waals surface area contributed by atoms with Crippen molar-refractivity contribution in [2.75, 3.05) is 49.9 Å². The van der Waals surface area contributed by atoms with Crippen molar-refractivity contribution in [1.82, 2.24) is 14.9 Å². The van der Waals surface area contributed by atoms with Gasteiger partial charge in [0, 0.05) is 28.2 Å². The molecule has 0 spiro atoms. The summed E-state index contributed by atoms with van der Waals surface area (Å²) in [4.78, 5) is 50.2. The van der Waals surface area contributed by atoms with Crippen molar-refractivity contribution in [3.63, 3.8) is 0 Å². The smallest absolute Gasteiger partial charge is 0.262 e. The molecule has 0 saturated heterocycles. The van der Waals surface area contributed by atoms with E-state index in [4.69, 9.17) is 0 Å². The van der Waals surface area contributed by atoms with Gasteiger partial charge in [-0.3, -0.25) is 19.3 Å². The third kappa shape index (κ3) is 3.43. The molecule has 0 atom stereocenters. The Bertz CT molecular complexity index is 890. The van der Waals surface area contributed by atoms with Gasteiger partial charge in [0.2, 0.25) is 11.9 Å². The van der Waals surface area contributed by atoms with Crippen molar-refractivity contribution >= 4 is 35.2 Å². The van der Waals surface area contributed by atoms with Crippen molar-refractivity contribution < 1.29 is 14.4 Å². The molecule has 2 heterocycles. The summed E-state index contributed by atoms with van der Waals surface area (Å²) in [6, 6.07) is 6.51. The zero-order chi connectivity index (χ0) is 19.7. The van der Waals surface area contributed by atoms with E-state index in [0.717, 1.165) is 4.90 Å². The fourth-order valence-corrected chi connectivity index (χ4v) is 2.72. The summed E-state index contributed by atoms with van der Waals surface area (Å²) in [6.45, 7) is -0.380. The van der Waals surface area contributed by atoms with E-state index in [1.54, 1.807) is 48.2 Å². The molecule has 9 nitrogen and oxygen atoms in total. The average Bonchev–Trinajstić information content (AvgIpc) is 2.87. The summed E-state index contributed by atoms with van der Waals surface area (Å²) < 4.78 is 0. The zero-order valence-corrected chi connectivity index (χ0v) is 15.6. The van der Waals surface area contributed by atoms with Gasteiger partial charge in [-0.1, -0.05) is 12.1 Å². The second kappa shape index (κ2) is 7.02. The minimum Gasteiger partial charge on any atom is -0.361 e. The molecule has 1 N–H and O–H groups in total. The number of imide groups is 1. The number of aromatic nitrogens is 2. The lowest BCUT2D eigenvalue weighted by Gasteiger charge is -2.20. The van der Waals surface area contributed by atoms with E-state index >= 15 is 0 Å². The minimum atomic E-state index is -0.506. The maximum atomic E-state index is 12.5. The second-order valence-corrected chi connectivity index (χ2v) is 6.49. The molecule has 1 aliphatic rings. The van der Waals surface area contributed by atoms with Crippen LogP contribution in [-0.4, -0.2) is 67.3 Å². The first-order chi connectivity index (χ1) is 12.8. The van der Waals surface area contributed by atoms with Crippen LogP contribution in [0.3, 0.4) is 0 Å². The van der Waals surface area contributed by atoms with Gasteiger partial charge in [0.25, 0.3) is 11.8 Å². The Morgan fingerprint density at radius 2 is 1.63 bits per heavy atom. The molecule has 9 heteroatoms. The van der Waals surface area contributed by atoms with Crippen molar-refractivity contribution in [2.45, 2.75) is 0 Å². The third-order valence-electron chi connectivity index (χ3n) is 4.03. The quantitative estimate of drug-likeness (QED) is 0.781. The topological polar surface area (TPSA) is 98.7 Å². The number of benzene rings is 1. The molecule has 0 radical (unpaired) electrons. The summed E-state index contributed by atoms with van der Waals surface area (Å²) in [6.07, 6.45) is 1.50. The predicted octanol–water partition coefficient (Wildman–Crippen LogP) is 0.843. The highest BCUT2D eigenvalue weighted by Gasteiger charge is 2.36. The molecule has 2 aromatic rings. The van der Waals surface area contributed by atoms with Gasteiger partial charge in [-0.05, 0) is 12.1 Å². The van der Waals surface area contributed by atoms with Gasteiger partial charge in [0.05, 0.1) is 17.3 Å². The van der Waals surface area contributed by atoms with E-state index in [0.29, 0.717) is 28.6 Å². The van der Waals surface area contributed by atoms with Crippen molar-refractivity contribution in [3.05, 3.63) is 41.6 Å². The summed E-state index contributed by atoms with van der Waals surface area (Å²) in [5.74, 6) is -0.439. The highest BCUT2D eigenvalue weighted by atomic mass is 16.2. The summed E-state index contributed by atoms with van der Waals surface area (Å²) >= 11 is 0. The standard InChI is InChI=1S/C18H20N6O3/c1-22(2)15-13(9-19-18(21-15)23(3)4)20-14(25)10-24-16(26)11-7-5-6-8-12(11)17(24)27/h5-9H,10H2,1-4H3,(H,20,25). The molecule has 0 fully saturated rings. The molecule has 0 aliphatic carbocycles. The average molecular weight is 368 g/mol. The van der Waals surface area contributed by atoms with Gasteiger partial charge in [0.15, 0.2) is 5.82 Å². The van der Waals surface area contributed by atoms with Crippen molar-refractivity contribution in [3.8, 4) is 0 Å². The van der Waals surface area contributed by atoms with Gasteiger partial charge in [0.1, 0.15) is 12.2 Å². The van der Waals surface area contributed by atoms with Crippen LogP contribution in [-0.2, 0) is 4.79 Å². The number of nitrogens with one attached hydrogen (secondary N) is 1. The van der Waals surface area contributed by atoms with Crippen LogP contribution in [0.5, 0.6) is 0 Å². The Morgan fingerprint density at radius 1 is 1.04 bits per heavy atom. The van der Waals surface area contributed by atoms with Crippen LogP contribution in [0.15, 0.2) is 30.5 Å². The van der Waals surface area contributed by atoms with Crippen LogP contribution in [0, 0.1) is 0 Å². The number of rotatable bonds is 5. The molecule has 3 amide bonds. The molecule has 1 aromatic heterocycles. The molecule has 0 unspecified atom stereocenters. The Morgan fingerprint density at radius 3 is 2.15 bits per heavy atom. The summed E-state index contributed by atoms with van der Waals surface area (Å²) in [5, 5.41) is 2.68. The zero-order valence-electron chi connectivity index (χ0n) is 15.6. The first kappa shape index (κ1) is 18.3. The maximum absolute atomic E-state index is 12.5. The van der Waals surface area contributed by atoms with Gasteiger partial charge in [-0.15, -0.1) is 0 Å². The molecular weight excluding hydrogens is 348 g/mol. The fraction of sp³-hybridized carbons (Fsp3) is 0.278. The SMILES string of the molecule is CN(C)c1ncc(NC(=O)CN2C(=O)c3ccccc3C2=O)c(N(C)C)n1. The highest BCUT2D eigenvalue weighted by molar-refractivity contribution is 6.22. The monoisotopic (exact) mass is 368 g/mol. The van der Waals surface area contributed by atoms with Crippen molar-refractivity contribution in [2.24, 2.45) is 0 Å². The first-order valence-electron chi connectivity index (χ1n) is 8.26. The molecule has 3 rings (SSSR count). The van der Waals surface area contributed by atoms with Crippen LogP contribution in [0.25, 0.3) is 0 Å². The van der Waals surface area contributed by atoms with Crippen LogP contribution >= 0.6 is 0 Å². The van der Waals surface area contributed by atoms with Gasteiger partial charge >= 0.3 is 0 Å². The number of fused-ring (bicyclic) bond motifs is 1. The number of carbonyl (C=O) groups is 3. The van der Waals surface area contributed by atoms with E-state index in [-0.39, 0.29) is 6.54 Å². The molecule has 140 valence electrons. The summed E-state index contributed by atoms with van der Waals surface area (Å²) in [5.41, 5.74) is 1.01. The Hall–Kier alpha value is -3.49. The molecule has 0 saturated carbocycles. The number of amides is 3. The van der Waals surface area contributed by atoms with E-state index in [1.807, 2.05) is 14.1 Å². The number of hydrogen-bond acceptors (Lipinski definition) is 7. The van der Waals surface area contributed by atoms with E-state index in [1.165, 1.54) is 6.20 Å². The highest BCUT2D eigenvalue weighted by Crippen LogP contribution is 2.24. The largest absolute Gasteiger partial charge is 0.361 e. The van der Waals surface area contributed by atoms with Crippen molar-refractivity contribution in [1.29, 1.82) is 0 Å². The minimum absolute atomic E-state index is 0.308.